The molecule has 22 heavy (non-hydrogen) atoms. The molecule has 0 bridgehead atoms. The second kappa shape index (κ2) is 6.78. The number of hydrogen-bond acceptors (Lipinski definition) is 7. The number of rotatable bonds is 5. The molecule has 2 rings (SSSR count). The van der Waals surface area contributed by atoms with E-state index in [1.165, 1.54) is 17.5 Å². The Morgan fingerprint density at radius 2 is 2.18 bits per heavy atom. The van der Waals surface area contributed by atoms with Crippen molar-refractivity contribution in [2.24, 2.45) is 0 Å². The van der Waals surface area contributed by atoms with Crippen LogP contribution in [0.4, 0.5) is 5.13 Å². The largest absolute Gasteiger partial charge is 0.394 e. The Hall–Kier alpha value is -2.79. The Kier molecular flexibility index (Phi) is 4.80. The third-order valence-electron chi connectivity index (χ3n) is 2.53. The zero-order chi connectivity index (χ0) is 16.1. The molecule has 0 aromatic carbocycles. The summed E-state index contributed by atoms with van der Waals surface area (Å²) >= 11 is 1.17. The van der Waals surface area contributed by atoms with Crippen molar-refractivity contribution in [1.82, 2.24) is 20.3 Å². The topological polar surface area (TPSA) is 157 Å². The molecule has 2 aromatic rings. The average molecular weight is 325 g/mol. The molecule has 1 atom stereocenters. The number of carbonyl (C=O) groups is 2. The van der Waals surface area contributed by atoms with Crippen LogP contribution in [0.15, 0.2) is 27.4 Å². The molecule has 0 aliphatic carbocycles. The van der Waals surface area contributed by atoms with Crippen LogP contribution in [0.1, 0.15) is 10.4 Å². The number of anilines is 1. The fraction of sp³-hybridized carbons (Fsp3) is 0.182. The molecule has 0 spiro atoms. The first kappa shape index (κ1) is 15.6. The molecule has 1 unspecified atom stereocenters. The number of nitrogens with one attached hydrogen (secondary N) is 4. The molecule has 0 radical (unpaired) electrons. The SMILES string of the molecule is O=C(NC(CO)C(=O)Nc1nccs1)c1c[nH]c(=O)[nH]c1=O. The van der Waals surface area contributed by atoms with Crippen molar-refractivity contribution in [1.29, 1.82) is 0 Å². The average Bonchev–Trinajstić information content (AvgIpc) is 2.97. The highest BCUT2D eigenvalue weighted by atomic mass is 32.1. The van der Waals surface area contributed by atoms with Crippen LogP contribution in [0.25, 0.3) is 0 Å². The van der Waals surface area contributed by atoms with E-state index < -0.39 is 35.7 Å². The van der Waals surface area contributed by atoms with Crippen LogP contribution < -0.4 is 21.9 Å². The lowest BCUT2D eigenvalue weighted by Crippen LogP contribution is -2.47. The number of aromatic nitrogens is 3. The number of aliphatic hydroxyl groups is 1. The minimum absolute atomic E-state index is 0.305. The van der Waals surface area contributed by atoms with Gasteiger partial charge in [-0.1, -0.05) is 0 Å². The molecular weight excluding hydrogens is 314 g/mol. The lowest BCUT2D eigenvalue weighted by molar-refractivity contribution is -0.118. The summed E-state index contributed by atoms with van der Waals surface area (Å²) in [6.45, 7) is -0.676. The predicted octanol–water partition coefficient (Wildman–Crippen LogP) is -1.75. The number of amides is 2. The summed E-state index contributed by atoms with van der Waals surface area (Å²) in [6.07, 6.45) is 2.40. The molecule has 2 amide bonds. The van der Waals surface area contributed by atoms with Gasteiger partial charge in [-0.2, -0.15) is 0 Å². The summed E-state index contributed by atoms with van der Waals surface area (Å²) in [6, 6.07) is -1.28. The highest BCUT2D eigenvalue weighted by molar-refractivity contribution is 7.13. The molecule has 2 aromatic heterocycles. The van der Waals surface area contributed by atoms with E-state index in [0.29, 0.717) is 5.13 Å². The molecule has 2 heterocycles. The van der Waals surface area contributed by atoms with E-state index in [1.54, 1.807) is 5.38 Å². The Balaban J connectivity index is 2.09. The van der Waals surface area contributed by atoms with Gasteiger partial charge in [0.15, 0.2) is 5.13 Å². The van der Waals surface area contributed by atoms with E-state index in [9.17, 15) is 24.3 Å². The van der Waals surface area contributed by atoms with Crippen molar-refractivity contribution in [2.45, 2.75) is 6.04 Å². The van der Waals surface area contributed by atoms with Gasteiger partial charge in [0.25, 0.3) is 17.4 Å². The first-order valence-corrected chi connectivity index (χ1v) is 6.83. The molecule has 11 heteroatoms. The minimum atomic E-state index is -1.28. The van der Waals surface area contributed by atoms with Gasteiger partial charge in [0, 0.05) is 17.8 Å². The van der Waals surface area contributed by atoms with Crippen molar-refractivity contribution in [2.75, 3.05) is 11.9 Å². The van der Waals surface area contributed by atoms with E-state index in [1.807, 2.05) is 4.98 Å². The molecule has 0 fully saturated rings. The highest BCUT2D eigenvalue weighted by Crippen LogP contribution is 2.10. The highest BCUT2D eigenvalue weighted by Gasteiger charge is 2.22. The molecular formula is C11H11N5O5S. The number of nitrogens with zero attached hydrogens (tertiary/aromatic N) is 1. The number of aliphatic hydroxyl groups excluding tert-OH is 1. The smallest absolute Gasteiger partial charge is 0.325 e. The third-order valence-corrected chi connectivity index (χ3v) is 3.22. The fourth-order valence-corrected chi connectivity index (χ4v) is 2.02. The van der Waals surface area contributed by atoms with Crippen molar-refractivity contribution < 1.29 is 14.7 Å². The van der Waals surface area contributed by atoms with Gasteiger partial charge in [-0.05, 0) is 0 Å². The zero-order valence-electron chi connectivity index (χ0n) is 11.0. The van der Waals surface area contributed by atoms with Crippen molar-refractivity contribution in [3.63, 3.8) is 0 Å². The summed E-state index contributed by atoms with van der Waals surface area (Å²) < 4.78 is 0. The van der Waals surface area contributed by atoms with Gasteiger partial charge in [-0.3, -0.25) is 19.4 Å². The van der Waals surface area contributed by atoms with Gasteiger partial charge < -0.3 is 20.7 Å². The lowest BCUT2D eigenvalue weighted by Gasteiger charge is -2.14. The summed E-state index contributed by atoms with van der Waals surface area (Å²) in [7, 11) is 0. The molecule has 0 aliphatic rings. The summed E-state index contributed by atoms with van der Waals surface area (Å²) in [5.74, 6) is -1.60. The zero-order valence-corrected chi connectivity index (χ0v) is 11.8. The first-order chi connectivity index (χ1) is 10.5. The van der Waals surface area contributed by atoms with Crippen LogP contribution in [0, 0.1) is 0 Å². The van der Waals surface area contributed by atoms with E-state index >= 15 is 0 Å². The predicted molar refractivity (Wildman–Crippen MR) is 76.8 cm³/mol. The van der Waals surface area contributed by atoms with Crippen molar-refractivity contribution in [3.05, 3.63) is 44.2 Å². The third kappa shape index (κ3) is 3.65. The van der Waals surface area contributed by atoms with Crippen LogP contribution >= 0.6 is 11.3 Å². The Bertz CT molecular complexity index is 781. The van der Waals surface area contributed by atoms with Crippen LogP contribution in [-0.4, -0.2) is 44.5 Å². The van der Waals surface area contributed by atoms with Gasteiger partial charge in [0.05, 0.1) is 6.61 Å². The van der Waals surface area contributed by atoms with Gasteiger partial charge in [-0.25, -0.2) is 9.78 Å². The maximum atomic E-state index is 11.9. The maximum Gasteiger partial charge on any atom is 0.325 e. The lowest BCUT2D eigenvalue weighted by atomic mass is 10.2. The summed E-state index contributed by atoms with van der Waals surface area (Å²) in [5.41, 5.74) is -2.06. The number of carbonyl (C=O) groups excluding carboxylic acids is 2. The number of hydrogen-bond donors (Lipinski definition) is 5. The molecule has 10 nitrogen and oxygen atoms in total. The second-order valence-corrected chi connectivity index (χ2v) is 4.92. The summed E-state index contributed by atoms with van der Waals surface area (Å²) in [4.78, 5) is 54.0. The molecule has 5 N–H and O–H groups in total. The Labute approximate surface area is 126 Å². The van der Waals surface area contributed by atoms with E-state index in [4.69, 9.17) is 0 Å². The number of thiazole rings is 1. The summed E-state index contributed by atoms with van der Waals surface area (Å²) in [5, 5.41) is 15.7. The Morgan fingerprint density at radius 1 is 1.41 bits per heavy atom. The van der Waals surface area contributed by atoms with E-state index in [0.717, 1.165) is 6.20 Å². The van der Waals surface area contributed by atoms with Gasteiger partial charge in [0.1, 0.15) is 11.6 Å². The van der Waals surface area contributed by atoms with Gasteiger partial charge in [0.2, 0.25) is 0 Å². The number of H-pyrrole nitrogens is 2. The van der Waals surface area contributed by atoms with E-state index in [-0.39, 0.29) is 5.56 Å². The molecule has 0 saturated heterocycles. The molecule has 0 saturated carbocycles. The minimum Gasteiger partial charge on any atom is -0.394 e. The second-order valence-electron chi connectivity index (χ2n) is 4.02. The first-order valence-electron chi connectivity index (χ1n) is 5.95. The van der Waals surface area contributed by atoms with Crippen LogP contribution in [0.3, 0.4) is 0 Å². The maximum absolute atomic E-state index is 11.9. The normalized spacial score (nSPS) is 11.7. The van der Waals surface area contributed by atoms with E-state index in [2.05, 4.69) is 20.6 Å². The standard InChI is InChI=1S/C11H11N5O5S/c17-4-6(9(20)16-11-12-1-2-22-11)14-7(18)5-3-13-10(21)15-8(5)19/h1-3,6,17H,4H2,(H,14,18)(H,12,16,20)(H2,13,15,19,21). The molecule has 0 aliphatic heterocycles. The van der Waals surface area contributed by atoms with Crippen molar-refractivity contribution in [3.8, 4) is 0 Å². The van der Waals surface area contributed by atoms with Crippen molar-refractivity contribution >= 4 is 28.3 Å². The molecule has 116 valence electrons. The quantitative estimate of drug-likeness (QED) is 0.438. The fourth-order valence-electron chi connectivity index (χ4n) is 1.49. The van der Waals surface area contributed by atoms with Gasteiger partial charge >= 0.3 is 5.69 Å². The van der Waals surface area contributed by atoms with Crippen LogP contribution in [0.2, 0.25) is 0 Å². The number of aromatic amines is 2. The van der Waals surface area contributed by atoms with Crippen LogP contribution in [0.5, 0.6) is 0 Å². The van der Waals surface area contributed by atoms with Gasteiger partial charge in [-0.15, -0.1) is 11.3 Å². The van der Waals surface area contributed by atoms with Crippen LogP contribution in [-0.2, 0) is 4.79 Å². The monoisotopic (exact) mass is 325 g/mol. The Morgan fingerprint density at radius 3 is 2.77 bits per heavy atom.